The molecule has 0 N–H and O–H groups in total. The van der Waals surface area contributed by atoms with Gasteiger partial charge in [0, 0.05) is 5.56 Å². The van der Waals surface area contributed by atoms with Gasteiger partial charge in [0.25, 0.3) is 0 Å². The van der Waals surface area contributed by atoms with E-state index < -0.39 is 15.1 Å². The third-order valence-electron chi connectivity index (χ3n) is 3.29. The minimum absolute atomic E-state index is 0.219. The predicted molar refractivity (Wildman–Crippen MR) is 78.6 cm³/mol. The molecule has 0 heterocycles. The van der Waals surface area contributed by atoms with Crippen LogP contribution in [0.4, 0.5) is 0 Å². The van der Waals surface area contributed by atoms with Gasteiger partial charge in [-0.2, -0.15) is 0 Å². The zero-order chi connectivity index (χ0) is 14.8. The first-order chi connectivity index (χ1) is 9.44. The Bertz CT molecular complexity index is 718. The molecule has 0 bridgehead atoms. The summed E-state index contributed by atoms with van der Waals surface area (Å²) in [5.74, 6) is -0.381. The van der Waals surface area contributed by atoms with Crippen LogP contribution >= 0.6 is 0 Å². The summed E-state index contributed by atoms with van der Waals surface area (Å²) in [6, 6.07) is 15.2. The molecule has 2 aromatic rings. The van der Waals surface area contributed by atoms with E-state index in [4.69, 9.17) is 0 Å². The molecule has 20 heavy (non-hydrogen) atoms. The number of carbonyl (C=O) groups excluding carboxylic acids is 1. The first-order valence-corrected chi connectivity index (χ1v) is 7.88. The number of Topliss-reactive ketones (excluding diaryl/α,β-unsaturated/α-hetero) is 1. The Labute approximate surface area is 119 Å². The molecule has 4 heteroatoms. The standard InChI is InChI=1S/C16H16O3S/c1-12-8-6-7-11-15(12)20(18,19)13(2)16(17)14-9-4-3-5-10-14/h3-11,13H,1-2H3. The van der Waals surface area contributed by atoms with E-state index in [-0.39, 0.29) is 10.7 Å². The highest BCUT2D eigenvalue weighted by atomic mass is 32.2. The van der Waals surface area contributed by atoms with Crippen LogP contribution in [0.3, 0.4) is 0 Å². The molecule has 0 aliphatic carbocycles. The first kappa shape index (κ1) is 14.5. The van der Waals surface area contributed by atoms with Crippen molar-refractivity contribution in [2.45, 2.75) is 24.0 Å². The zero-order valence-electron chi connectivity index (χ0n) is 11.4. The number of ketones is 1. The van der Waals surface area contributed by atoms with Gasteiger partial charge in [-0.15, -0.1) is 0 Å². The van der Waals surface area contributed by atoms with Crippen LogP contribution in [-0.2, 0) is 9.84 Å². The van der Waals surface area contributed by atoms with Crippen molar-refractivity contribution >= 4 is 15.6 Å². The summed E-state index contributed by atoms with van der Waals surface area (Å²) >= 11 is 0. The lowest BCUT2D eigenvalue weighted by atomic mass is 10.1. The molecule has 0 saturated heterocycles. The van der Waals surface area contributed by atoms with E-state index in [9.17, 15) is 13.2 Å². The van der Waals surface area contributed by atoms with Gasteiger partial charge >= 0.3 is 0 Å². The second-order valence-electron chi connectivity index (χ2n) is 4.68. The summed E-state index contributed by atoms with van der Waals surface area (Å²) < 4.78 is 25.1. The Morgan fingerprint density at radius 1 is 0.950 bits per heavy atom. The van der Waals surface area contributed by atoms with Crippen LogP contribution in [0.1, 0.15) is 22.8 Å². The number of rotatable bonds is 4. The van der Waals surface area contributed by atoms with Gasteiger partial charge in [-0.05, 0) is 25.5 Å². The zero-order valence-corrected chi connectivity index (χ0v) is 12.2. The van der Waals surface area contributed by atoms with Crippen molar-refractivity contribution in [2.75, 3.05) is 0 Å². The molecular weight excluding hydrogens is 272 g/mol. The van der Waals surface area contributed by atoms with Gasteiger partial charge in [0.2, 0.25) is 0 Å². The molecular formula is C16H16O3S. The summed E-state index contributed by atoms with van der Waals surface area (Å²) in [6.45, 7) is 3.17. The van der Waals surface area contributed by atoms with Crippen LogP contribution in [0.2, 0.25) is 0 Å². The van der Waals surface area contributed by atoms with E-state index >= 15 is 0 Å². The smallest absolute Gasteiger partial charge is 0.188 e. The molecule has 0 fully saturated rings. The third kappa shape index (κ3) is 2.65. The lowest BCUT2D eigenvalue weighted by Gasteiger charge is -2.13. The van der Waals surface area contributed by atoms with E-state index in [0.717, 1.165) is 0 Å². The molecule has 2 aromatic carbocycles. The summed E-state index contributed by atoms with van der Waals surface area (Å²) in [7, 11) is -3.67. The topological polar surface area (TPSA) is 51.2 Å². The van der Waals surface area contributed by atoms with Crippen molar-refractivity contribution in [1.82, 2.24) is 0 Å². The second-order valence-corrected chi connectivity index (χ2v) is 6.92. The monoisotopic (exact) mass is 288 g/mol. The molecule has 0 spiro atoms. The highest BCUT2D eigenvalue weighted by molar-refractivity contribution is 7.92. The maximum Gasteiger partial charge on any atom is 0.188 e. The van der Waals surface area contributed by atoms with Crippen LogP contribution in [0.15, 0.2) is 59.5 Å². The second kappa shape index (κ2) is 5.59. The highest BCUT2D eigenvalue weighted by Crippen LogP contribution is 2.22. The van der Waals surface area contributed by atoms with Crippen LogP contribution in [-0.4, -0.2) is 19.5 Å². The minimum atomic E-state index is -3.67. The van der Waals surface area contributed by atoms with Crippen LogP contribution in [0.5, 0.6) is 0 Å². The Kier molecular flexibility index (Phi) is 4.04. The first-order valence-electron chi connectivity index (χ1n) is 6.33. The number of aryl methyl sites for hydroxylation is 1. The van der Waals surface area contributed by atoms with Crippen molar-refractivity contribution in [3.05, 3.63) is 65.7 Å². The van der Waals surface area contributed by atoms with Gasteiger partial charge in [0.15, 0.2) is 15.6 Å². The number of hydrogen-bond donors (Lipinski definition) is 0. The SMILES string of the molecule is Cc1ccccc1S(=O)(=O)C(C)C(=O)c1ccccc1. The molecule has 1 unspecified atom stereocenters. The van der Waals surface area contributed by atoms with Gasteiger partial charge in [0.1, 0.15) is 5.25 Å². The van der Waals surface area contributed by atoms with Crippen LogP contribution in [0.25, 0.3) is 0 Å². The fraction of sp³-hybridized carbons (Fsp3) is 0.188. The fourth-order valence-corrected chi connectivity index (χ4v) is 3.63. The molecule has 0 saturated carbocycles. The van der Waals surface area contributed by atoms with Crippen LogP contribution < -0.4 is 0 Å². The van der Waals surface area contributed by atoms with Crippen molar-refractivity contribution in [3.8, 4) is 0 Å². The lowest BCUT2D eigenvalue weighted by molar-refractivity contribution is 0.0991. The quantitative estimate of drug-likeness (QED) is 0.813. The molecule has 0 aliphatic rings. The number of sulfone groups is 1. The predicted octanol–water partition coefficient (Wildman–Crippen LogP) is 3.04. The van der Waals surface area contributed by atoms with Gasteiger partial charge in [0.05, 0.1) is 4.90 Å². The number of hydrogen-bond acceptors (Lipinski definition) is 3. The molecule has 0 amide bonds. The number of carbonyl (C=O) groups is 1. The largest absolute Gasteiger partial charge is 0.293 e. The van der Waals surface area contributed by atoms with E-state index in [2.05, 4.69) is 0 Å². The molecule has 3 nitrogen and oxygen atoms in total. The Balaban J connectivity index is 2.41. The molecule has 104 valence electrons. The molecule has 0 aliphatic heterocycles. The Hall–Kier alpha value is -1.94. The summed E-state index contributed by atoms with van der Waals surface area (Å²) in [6.07, 6.45) is 0. The number of benzene rings is 2. The molecule has 2 rings (SSSR count). The summed E-state index contributed by atoms with van der Waals surface area (Å²) in [5.41, 5.74) is 1.07. The minimum Gasteiger partial charge on any atom is -0.293 e. The van der Waals surface area contributed by atoms with E-state index in [1.54, 1.807) is 61.5 Å². The highest BCUT2D eigenvalue weighted by Gasteiger charge is 2.31. The Morgan fingerprint density at radius 2 is 1.50 bits per heavy atom. The summed E-state index contributed by atoms with van der Waals surface area (Å²) in [4.78, 5) is 12.5. The maximum atomic E-state index is 12.5. The van der Waals surface area contributed by atoms with Crippen molar-refractivity contribution in [1.29, 1.82) is 0 Å². The normalized spacial score (nSPS) is 12.9. The fourth-order valence-electron chi connectivity index (χ4n) is 2.04. The van der Waals surface area contributed by atoms with Gasteiger partial charge in [-0.1, -0.05) is 48.5 Å². The van der Waals surface area contributed by atoms with Gasteiger partial charge < -0.3 is 0 Å². The van der Waals surface area contributed by atoms with Gasteiger partial charge in [-0.3, -0.25) is 4.79 Å². The van der Waals surface area contributed by atoms with E-state index in [1.165, 1.54) is 6.92 Å². The van der Waals surface area contributed by atoms with Crippen LogP contribution in [0, 0.1) is 6.92 Å². The average molecular weight is 288 g/mol. The van der Waals surface area contributed by atoms with Crippen molar-refractivity contribution in [3.63, 3.8) is 0 Å². The van der Waals surface area contributed by atoms with Crippen molar-refractivity contribution in [2.24, 2.45) is 0 Å². The molecule has 1 atom stereocenters. The van der Waals surface area contributed by atoms with E-state index in [1.807, 2.05) is 0 Å². The maximum absolute atomic E-state index is 12.5. The molecule has 0 radical (unpaired) electrons. The summed E-state index contributed by atoms with van der Waals surface area (Å²) in [5, 5.41) is -1.09. The van der Waals surface area contributed by atoms with Crippen molar-refractivity contribution < 1.29 is 13.2 Å². The average Bonchev–Trinajstić information content (AvgIpc) is 2.47. The molecule has 0 aromatic heterocycles. The Morgan fingerprint density at radius 3 is 2.10 bits per heavy atom. The third-order valence-corrected chi connectivity index (χ3v) is 5.51. The lowest BCUT2D eigenvalue weighted by Crippen LogP contribution is -2.28. The van der Waals surface area contributed by atoms with E-state index in [0.29, 0.717) is 11.1 Å². The van der Waals surface area contributed by atoms with Gasteiger partial charge in [-0.25, -0.2) is 8.42 Å².